The molecule has 0 unspecified atom stereocenters. The van der Waals surface area contributed by atoms with Gasteiger partial charge in [0.2, 0.25) is 11.8 Å². The number of halogens is 1. The quantitative estimate of drug-likeness (QED) is 0.126. The van der Waals surface area contributed by atoms with Crippen molar-refractivity contribution in [2.45, 2.75) is 39.0 Å². The highest BCUT2D eigenvalue weighted by molar-refractivity contribution is 7.79. The van der Waals surface area contributed by atoms with Gasteiger partial charge in [0.1, 0.15) is 5.82 Å². The summed E-state index contributed by atoms with van der Waals surface area (Å²) in [4.78, 5) is 35.4. The maximum atomic E-state index is 14.0. The predicted octanol–water partition coefficient (Wildman–Crippen LogP) is 3.99. The third-order valence-corrected chi connectivity index (χ3v) is 5.02. The minimum atomic E-state index is -0.580. The van der Waals surface area contributed by atoms with Crippen LogP contribution < -0.4 is 10.8 Å². The number of thiocarbonyl (C=S) groups is 1. The third-order valence-electron chi connectivity index (χ3n) is 4.75. The van der Waals surface area contributed by atoms with Crippen molar-refractivity contribution in [1.29, 1.82) is 0 Å². The zero-order chi connectivity index (χ0) is 23.5. The number of carbonyl (C=O) groups excluding carboxylic acids is 3. The molecule has 0 radical (unpaired) electrons. The standard InChI is InChI=1S/C24H25FN2O4S/c1-16(28)26-24(30)22(13-17-7-9-18(15-32)10-8-17)21-12-11-20(25)14-19(21)5-3-2-4-6-23(29)27-31/h7-15,31H,2-6H2,1H3,(H,27,29)(H,26,28,30). The molecular weight excluding hydrogens is 431 g/mol. The van der Waals surface area contributed by atoms with E-state index in [0.29, 0.717) is 36.8 Å². The molecule has 0 aliphatic carbocycles. The molecule has 3 amide bonds. The summed E-state index contributed by atoms with van der Waals surface area (Å²) in [6.45, 7) is 1.25. The van der Waals surface area contributed by atoms with Gasteiger partial charge in [-0.3, -0.25) is 24.9 Å². The van der Waals surface area contributed by atoms with Crippen LogP contribution in [0.5, 0.6) is 0 Å². The minimum Gasteiger partial charge on any atom is -0.293 e. The van der Waals surface area contributed by atoms with Crippen LogP contribution in [0.1, 0.15) is 54.9 Å². The van der Waals surface area contributed by atoms with Crippen LogP contribution in [-0.2, 0) is 20.8 Å². The topological polar surface area (TPSA) is 95.5 Å². The average Bonchev–Trinajstić information content (AvgIpc) is 2.77. The minimum absolute atomic E-state index is 0.191. The lowest BCUT2D eigenvalue weighted by atomic mass is 9.93. The van der Waals surface area contributed by atoms with Gasteiger partial charge in [0.25, 0.3) is 5.91 Å². The molecule has 2 rings (SSSR count). The van der Waals surface area contributed by atoms with Crippen molar-refractivity contribution < 1.29 is 24.0 Å². The van der Waals surface area contributed by atoms with Gasteiger partial charge in [0.15, 0.2) is 0 Å². The molecule has 0 saturated carbocycles. The highest BCUT2D eigenvalue weighted by Gasteiger charge is 2.17. The van der Waals surface area contributed by atoms with Gasteiger partial charge in [-0.2, -0.15) is 0 Å². The van der Waals surface area contributed by atoms with Crippen molar-refractivity contribution in [3.8, 4) is 0 Å². The van der Waals surface area contributed by atoms with E-state index in [1.165, 1.54) is 25.1 Å². The van der Waals surface area contributed by atoms with Crippen LogP contribution in [0.15, 0.2) is 42.5 Å². The summed E-state index contributed by atoms with van der Waals surface area (Å²) in [7, 11) is 0. The molecule has 0 spiro atoms. The van der Waals surface area contributed by atoms with Gasteiger partial charge in [-0.25, -0.2) is 9.87 Å². The summed E-state index contributed by atoms with van der Waals surface area (Å²) >= 11 is 4.91. The van der Waals surface area contributed by atoms with Crippen molar-refractivity contribution in [1.82, 2.24) is 10.8 Å². The Morgan fingerprint density at radius 3 is 2.34 bits per heavy atom. The second kappa shape index (κ2) is 12.6. The zero-order valence-electron chi connectivity index (χ0n) is 17.7. The van der Waals surface area contributed by atoms with E-state index in [1.54, 1.807) is 29.1 Å². The van der Waals surface area contributed by atoms with E-state index >= 15 is 0 Å². The van der Waals surface area contributed by atoms with Crippen LogP contribution in [0.3, 0.4) is 0 Å². The average molecular weight is 457 g/mol. The van der Waals surface area contributed by atoms with Crippen LogP contribution in [0.2, 0.25) is 0 Å². The fourth-order valence-electron chi connectivity index (χ4n) is 3.20. The summed E-state index contributed by atoms with van der Waals surface area (Å²) in [5, 5.41) is 12.4. The number of nitrogens with one attached hydrogen (secondary N) is 2. The molecule has 0 saturated heterocycles. The number of imide groups is 1. The summed E-state index contributed by atoms with van der Waals surface area (Å²) in [6, 6.07) is 11.4. The maximum Gasteiger partial charge on any atom is 0.258 e. The molecule has 0 fully saturated rings. The molecule has 0 aliphatic heterocycles. The molecule has 6 nitrogen and oxygen atoms in total. The van der Waals surface area contributed by atoms with E-state index in [4.69, 9.17) is 17.4 Å². The van der Waals surface area contributed by atoms with Gasteiger partial charge < -0.3 is 0 Å². The van der Waals surface area contributed by atoms with Crippen LogP contribution in [0, 0.1) is 5.82 Å². The van der Waals surface area contributed by atoms with Gasteiger partial charge in [0.05, 0.1) is 0 Å². The Morgan fingerprint density at radius 2 is 1.72 bits per heavy atom. The molecule has 168 valence electrons. The Labute approximate surface area is 191 Å². The summed E-state index contributed by atoms with van der Waals surface area (Å²) in [5.74, 6) is -1.96. The molecule has 0 aliphatic rings. The number of hydrogen-bond acceptors (Lipinski definition) is 5. The number of hydroxylamine groups is 1. The van der Waals surface area contributed by atoms with Crippen molar-refractivity contribution >= 4 is 47.0 Å². The Morgan fingerprint density at radius 1 is 1.03 bits per heavy atom. The van der Waals surface area contributed by atoms with Gasteiger partial charge in [0, 0.05) is 24.3 Å². The first-order valence-corrected chi connectivity index (χ1v) is 10.6. The molecule has 8 heteroatoms. The fourth-order valence-corrected chi connectivity index (χ4v) is 3.35. The highest BCUT2D eigenvalue weighted by Crippen LogP contribution is 2.25. The van der Waals surface area contributed by atoms with Crippen molar-refractivity contribution in [2.75, 3.05) is 0 Å². The van der Waals surface area contributed by atoms with E-state index in [2.05, 4.69) is 5.32 Å². The SMILES string of the molecule is CC(=O)NC(=O)C(=Cc1ccc(C=S)cc1)c1ccc(F)cc1CCCCCC(=O)NO. The zero-order valence-corrected chi connectivity index (χ0v) is 18.5. The summed E-state index contributed by atoms with van der Waals surface area (Å²) < 4.78 is 14.0. The van der Waals surface area contributed by atoms with Gasteiger partial charge in [-0.15, -0.1) is 0 Å². The first kappa shape index (κ1) is 25.0. The number of benzene rings is 2. The number of amides is 3. The molecule has 2 aromatic carbocycles. The monoisotopic (exact) mass is 456 g/mol. The van der Waals surface area contributed by atoms with Crippen molar-refractivity contribution in [3.05, 3.63) is 70.5 Å². The molecule has 0 atom stereocenters. The molecule has 3 N–H and O–H groups in total. The Kier molecular flexibility index (Phi) is 9.84. The molecule has 32 heavy (non-hydrogen) atoms. The van der Waals surface area contributed by atoms with Crippen molar-refractivity contribution in [3.63, 3.8) is 0 Å². The lowest BCUT2D eigenvalue weighted by Gasteiger charge is -2.14. The van der Waals surface area contributed by atoms with Gasteiger partial charge >= 0.3 is 0 Å². The normalized spacial score (nSPS) is 11.0. The Bertz CT molecular complexity index is 1020. The number of rotatable bonds is 10. The van der Waals surface area contributed by atoms with Crippen LogP contribution in [-0.4, -0.2) is 28.3 Å². The van der Waals surface area contributed by atoms with Crippen LogP contribution in [0.4, 0.5) is 4.39 Å². The smallest absolute Gasteiger partial charge is 0.258 e. The highest BCUT2D eigenvalue weighted by atomic mass is 32.1. The molecule has 0 bridgehead atoms. The lowest BCUT2D eigenvalue weighted by molar-refractivity contribution is -0.129. The first-order chi connectivity index (χ1) is 15.3. The second-order valence-corrected chi connectivity index (χ2v) is 7.49. The van der Waals surface area contributed by atoms with Crippen LogP contribution in [0.25, 0.3) is 11.6 Å². The first-order valence-electron chi connectivity index (χ1n) is 10.1. The maximum absolute atomic E-state index is 14.0. The number of carbonyl (C=O) groups is 3. The number of hydrogen-bond donors (Lipinski definition) is 3. The predicted molar refractivity (Wildman–Crippen MR) is 124 cm³/mol. The Hall–Kier alpha value is -3.23. The van der Waals surface area contributed by atoms with Gasteiger partial charge in [-0.05, 0) is 59.7 Å². The largest absolute Gasteiger partial charge is 0.293 e. The Balaban J connectivity index is 2.34. The van der Waals surface area contributed by atoms with E-state index in [9.17, 15) is 18.8 Å². The molecular formula is C24H25FN2O4S. The van der Waals surface area contributed by atoms with Crippen LogP contribution >= 0.6 is 12.2 Å². The summed E-state index contributed by atoms with van der Waals surface area (Å²) in [6.07, 6.45) is 4.21. The van der Waals surface area contributed by atoms with Crippen molar-refractivity contribution in [2.24, 2.45) is 0 Å². The fraction of sp³-hybridized carbons (Fsp3) is 0.250. The lowest BCUT2D eigenvalue weighted by Crippen LogP contribution is -2.29. The van der Waals surface area contributed by atoms with E-state index in [-0.39, 0.29) is 12.0 Å². The summed E-state index contributed by atoms with van der Waals surface area (Å²) in [5.41, 5.74) is 4.55. The number of unbranched alkanes of at least 4 members (excludes halogenated alkanes) is 2. The molecule has 0 aromatic heterocycles. The third kappa shape index (κ3) is 7.79. The molecule has 2 aromatic rings. The second-order valence-electron chi connectivity index (χ2n) is 7.25. The number of aryl methyl sites for hydroxylation is 1. The molecule has 0 heterocycles. The van der Waals surface area contributed by atoms with E-state index in [0.717, 1.165) is 11.1 Å². The van der Waals surface area contributed by atoms with E-state index < -0.39 is 23.5 Å². The van der Waals surface area contributed by atoms with Gasteiger partial charge in [-0.1, -0.05) is 49.0 Å². The van der Waals surface area contributed by atoms with E-state index in [1.807, 2.05) is 12.1 Å².